The summed E-state index contributed by atoms with van der Waals surface area (Å²) in [5.41, 5.74) is 2.69. The molecule has 0 spiro atoms. The molecule has 2 N–H and O–H groups in total. The number of aliphatic hydroxyl groups is 1. The Morgan fingerprint density at radius 3 is 2.46 bits per heavy atom. The van der Waals surface area contributed by atoms with Crippen LogP contribution in [0, 0.1) is 0 Å². The fourth-order valence-corrected chi connectivity index (χ4v) is 4.51. The van der Waals surface area contributed by atoms with Gasteiger partial charge in [0, 0.05) is 25.0 Å². The highest BCUT2D eigenvalue weighted by Gasteiger charge is 2.27. The van der Waals surface area contributed by atoms with Crippen LogP contribution in [-0.2, 0) is 14.6 Å². The minimum Gasteiger partial charge on any atom is -0.396 e. The number of aliphatic hydroxyl groups excluding tert-OH is 1. The largest absolute Gasteiger partial charge is 0.396 e. The minimum absolute atomic E-state index is 0.00728. The van der Waals surface area contributed by atoms with E-state index in [2.05, 4.69) is 10.2 Å². The van der Waals surface area contributed by atoms with Gasteiger partial charge in [-0.15, -0.1) is 0 Å². The zero-order chi connectivity index (χ0) is 20.1. The number of sulfone groups is 1. The van der Waals surface area contributed by atoms with Crippen LogP contribution in [-0.4, -0.2) is 49.5 Å². The fraction of sp³-hybridized carbons (Fsp3) is 0.500. The van der Waals surface area contributed by atoms with Crippen LogP contribution in [0.25, 0.3) is 11.3 Å². The molecule has 0 bridgehead atoms. The Morgan fingerprint density at radius 1 is 1.21 bits per heavy atom. The van der Waals surface area contributed by atoms with Gasteiger partial charge in [-0.05, 0) is 42.9 Å². The molecule has 0 aliphatic heterocycles. The molecule has 0 radical (unpaired) electrons. The Balaban J connectivity index is 2.04. The molecule has 1 heterocycles. The summed E-state index contributed by atoms with van der Waals surface area (Å²) >= 11 is 0. The Bertz CT molecular complexity index is 900. The molecule has 152 valence electrons. The highest BCUT2D eigenvalue weighted by Crippen LogP contribution is 2.42. The summed E-state index contributed by atoms with van der Waals surface area (Å²) < 4.78 is 23.5. The van der Waals surface area contributed by atoms with Gasteiger partial charge >= 0.3 is 0 Å². The molecule has 1 aromatic heterocycles. The summed E-state index contributed by atoms with van der Waals surface area (Å²) in [7, 11) is -3.26. The van der Waals surface area contributed by atoms with Gasteiger partial charge in [-0.25, -0.2) is 8.42 Å². The number of carbonyl (C=O) groups is 1. The van der Waals surface area contributed by atoms with Gasteiger partial charge in [-0.1, -0.05) is 31.4 Å². The molecule has 7 nitrogen and oxygen atoms in total. The monoisotopic (exact) mass is 405 g/mol. The first-order valence-electron chi connectivity index (χ1n) is 9.67. The van der Waals surface area contributed by atoms with Gasteiger partial charge in [-0.3, -0.25) is 14.8 Å². The second kappa shape index (κ2) is 8.87. The molecule has 1 aliphatic carbocycles. The third-order valence-corrected chi connectivity index (χ3v) is 6.45. The second-order valence-electron chi connectivity index (χ2n) is 7.34. The van der Waals surface area contributed by atoms with E-state index in [-0.39, 0.29) is 11.5 Å². The highest BCUT2D eigenvalue weighted by atomic mass is 32.2. The van der Waals surface area contributed by atoms with E-state index < -0.39 is 9.84 Å². The molecule has 8 heteroatoms. The maximum absolute atomic E-state index is 11.7. The van der Waals surface area contributed by atoms with E-state index >= 15 is 0 Å². The summed E-state index contributed by atoms with van der Waals surface area (Å²) in [5, 5.41) is 16.6. The summed E-state index contributed by atoms with van der Waals surface area (Å²) in [5.74, 6) is 0.904. The van der Waals surface area contributed by atoms with E-state index in [4.69, 9.17) is 5.11 Å². The van der Waals surface area contributed by atoms with E-state index in [0.29, 0.717) is 24.7 Å². The normalized spacial score (nSPS) is 15.5. The SMILES string of the molecule is CS(=O)(=O)c1ccc(-c2[nH]nc(N(C=O)CCCO)c2C2CCCCC2)cc1. The Hall–Kier alpha value is -2.19. The van der Waals surface area contributed by atoms with Crippen molar-refractivity contribution in [3.05, 3.63) is 29.8 Å². The molecule has 1 amide bonds. The highest BCUT2D eigenvalue weighted by molar-refractivity contribution is 7.90. The van der Waals surface area contributed by atoms with Gasteiger partial charge in [0.05, 0.1) is 10.6 Å². The van der Waals surface area contributed by atoms with Crippen molar-refractivity contribution >= 4 is 22.1 Å². The summed E-state index contributed by atoms with van der Waals surface area (Å²) in [6.45, 7) is 0.407. The van der Waals surface area contributed by atoms with Gasteiger partial charge in [0.1, 0.15) is 0 Å². The van der Waals surface area contributed by atoms with Crippen molar-refractivity contribution in [1.82, 2.24) is 10.2 Å². The lowest BCUT2D eigenvalue weighted by atomic mass is 9.82. The number of anilines is 1. The van der Waals surface area contributed by atoms with Crippen LogP contribution in [0.3, 0.4) is 0 Å². The topological polar surface area (TPSA) is 103 Å². The predicted molar refractivity (Wildman–Crippen MR) is 108 cm³/mol. The number of nitrogens with zero attached hydrogens (tertiary/aromatic N) is 2. The van der Waals surface area contributed by atoms with E-state index in [1.54, 1.807) is 29.2 Å². The van der Waals surface area contributed by atoms with Crippen LogP contribution in [0.2, 0.25) is 0 Å². The molecule has 1 saturated carbocycles. The van der Waals surface area contributed by atoms with E-state index in [1.807, 2.05) is 0 Å². The molecule has 1 aromatic carbocycles. The molecular weight excluding hydrogens is 378 g/mol. The van der Waals surface area contributed by atoms with Crippen molar-refractivity contribution in [2.24, 2.45) is 0 Å². The van der Waals surface area contributed by atoms with Crippen LogP contribution in [0.15, 0.2) is 29.2 Å². The summed E-state index contributed by atoms with van der Waals surface area (Å²) in [6.07, 6.45) is 7.99. The fourth-order valence-electron chi connectivity index (χ4n) is 3.88. The third-order valence-electron chi connectivity index (χ3n) is 5.32. The average molecular weight is 406 g/mol. The average Bonchev–Trinajstić information content (AvgIpc) is 3.14. The van der Waals surface area contributed by atoms with Crippen molar-refractivity contribution in [3.63, 3.8) is 0 Å². The van der Waals surface area contributed by atoms with Crippen molar-refractivity contribution in [2.75, 3.05) is 24.3 Å². The lowest BCUT2D eigenvalue weighted by Gasteiger charge is -2.25. The zero-order valence-corrected chi connectivity index (χ0v) is 16.9. The van der Waals surface area contributed by atoms with E-state index in [1.165, 1.54) is 12.7 Å². The van der Waals surface area contributed by atoms with Crippen LogP contribution in [0.5, 0.6) is 0 Å². The van der Waals surface area contributed by atoms with Gasteiger partial charge < -0.3 is 5.11 Å². The summed E-state index contributed by atoms with van der Waals surface area (Å²) in [6, 6.07) is 6.75. The number of nitrogens with one attached hydrogen (secondary N) is 1. The number of amides is 1. The standard InChI is InChI=1S/C20H27N3O4S/c1-28(26,27)17-10-8-16(9-11-17)19-18(15-6-3-2-4-7-15)20(22-21-19)23(14-25)12-5-13-24/h8-11,14-15,24H,2-7,12-13H2,1H3,(H,21,22). The minimum atomic E-state index is -3.26. The van der Waals surface area contributed by atoms with Crippen molar-refractivity contribution < 1.29 is 18.3 Å². The van der Waals surface area contributed by atoms with Gasteiger partial charge in [0.2, 0.25) is 6.41 Å². The first-order valence-corrected chi connectivity index (χ1v) is 11.6. The molecule has 1 fully saturated rings. The molecule has 1 aliphatic rings. The molecule has 28 heavy (non-hydrogen) atoms. The van der Waals surface area contributed by atoms with Crippen LogP contribution in [0.4, 0.5) is 5.82 Å². The number of rotatable bonds is 8. The lowest BCUT2D eigenvalue weighted by molar-refractivity contribution is -0.107. The number of hydrogen-bond donors (Lipinski definition) is 2. The second-order valence-corrected chi connectivity index (χ2v) is 9.36. The number of hydrogen-bond acceptors (Lipinski definition) is 5. The zero-order valence-electron chi connectivity index (χ0n) is 16.1. The van der Waals surface area contributed by atoms with Crippen molar-refractivity contribution in [2.45, 2.75) is 49.3 Å². The molecule has 3 rings (SSSR count). The van der Waals surface area contributed by atoms with E-state index in [0.717, 1.165) is 48.9 Å². The first kappa shape index (κ1) is 20.5. The van der Waals surface area contributed by atoms with Crippen LogP contribution >= 0.6 is 0 Å². The quantitative estimate of drug-likeness (QED) is 0.657. The number of aromatic amines is 1. The molecule has 0 saturated heterocycles. The maximum Gasteiger partial charge on any atom is 0.215 e. The molecular formula is C20H27N3O4S. The van der Waals surface area contributed by atoms with Crippen molar-refractivity contribution in [1.29, 1.82) is 0 Å². The Kier molecular flexibility index (Phi) is 6.51. The maximum atomic E-state index is 11.7. The number of H-pyrrole nitrogens is 1. The van der Waals surface area contributed by atoms with Crippen LogP contribution in [0.1, 0.15) is 50.0 Å². The molecule has 0 atom stereocenters. The number of carbonyl (C=O) groups excluding carboxylic acids is 1. The Morgan fingerprint density at radius 2 is 1.89 bits per heavy atom. The third kappa shape index (κ3) is 4.44. The Labute approximate surface area is 165 Å². The van der Waals surface area contributed by atoms with Gasteiger partial charge in [0.15, 0.2) is 15.7 Å². The van der Waals surface area contributed by atoms with Gasteiger partial charge in [0.25, 0.3) is 0 Å². The summed E-state index contributed by atoms with van der Waals surface area (Å²) in [4.78, 5) is 13.5. The van der Waals surface area contributed by atoms with Crippen molar-refractivity contribution in [3.8, 4) is 11.3 Å². The molecule has 0 unspecified atom stereocenters. The molecule has 2 aromatic rings. The first-order chi connectivity index (χ1) is 13.5. The van der Waals surface area contributed by atoms with Gasteiger partial charge in [-0.2, -0.15) is 5.10 Å². The predicted octanol–water partition coefficient (Wildman–Crippen LogP) is 2.87. The lowest BCUT2D eigenvalue weighted by Crippen LogP contribution is -2.25. The number of benzene rings is 1. The van der Waals surface area contributed by atoms with Crippen LogP contribution < -0.4 is 4.90 Å². The smallest absolute Gasteiger partial charge is 0.215 e. The van der Waals surface area contributed by atoms with E-state index in [9.17, 15) is 13.2 Å². The number of aromatic nitrogens is 2.